The zero-order valence-electron chi connectivity index (χ0n) is 16.9. The SMILES string of the molecule is Cc1cc(F)ccc1NC(=O)C1CCN(S(=O)(=O)c2ccc3c(c2)NC(=O)CO3)CC1. The van der Waals surface area contributed by atoms with Gasteiger partial charge in [0, 0.05) is 24.7 Å². The van der Waals surface area contributed by atoms with Crippen molar-refractivity contribution in [3.8, 4) is 5.75 Å². The maximum absolute atomic E-state index is 13.2. The number of nitrogens with one attached hydrogen (secondary N) is 2. The number of amides is 2. The number of anilines is 2. The molecule has 0 spiro atoms. The Morgan fingerprint density at radius 3 is 2.65 bits per heavy atom. The number of fused-ring (bicyclic) bond motifs is 1. The third-order valence-corrected chi connectivity index (χ3v) is 7.39. The number of nitrogens with zero attached hydrogens (tertiary/aromatic N) is 1. The summed E-state index contributed by atoms with van der Waals surface area (Å²) in [5.41, 5.74) is 1.48. The molecule has 1 saturated heterocycles. The average Bonchev–Trinajstić information content (AvgIpc) is 2.75. The van der Waals surface area contributed by atoms with Gasteiger partial charge in [0.15, 0.2) is 6.61 Å². The van der Waals surface area contributed by atoms with Gasteiger partial charge in [-0.05, 0) is 61.7 Å². The molecule has 0 radical (unpaired) electrons. The summed E-state index contributed by atoms with van der Waals surface area (Å²) >= 11 is 0. The molecular formula is C21H22FN3O5S. The van der Waals surface area contributed by atoms with Crippen LogP contribution in [0.4, 0.5) is 15.8 Å². The van der Waals surface area contributed by atoms with Crippen LogP contribution in [-0.4, -0.2) is 44.2 Å². The fourth-order valence-corrected chi connectivity index (χ4v) is 5.23. The van der Waals surface area contributed by atoms with Crippen molar-refractivity contribution in [2.75, 3.05) is 30.3 Å². The first-order chi connectivity index (χ1) is 14.7. The molecular weight excluding hydrogens is 425 g/mol. The van der Waals surface area contributed by atoms with Crippen molar-refractivity contribution in [2.45, 2.75) is 24.7 Å². The molecule has 0 atom stereocenters. The van der Waals surface area contributed by atoms with Crippen molar-refractivity contribution >= 4 is 33.2 Å². The van der Waals surface area contributed by atoms with Crippen molar-refractivity contribution in [3.05, 3.63) is 47.8 Å². The maximum atomic E-state index is 13.2. The van der Waals surface area contributed by atoms with E-state index in [-0.39, 0.29) is 48.1 Å². The first-order valence-electron chi connectivity index (χ1n) is 9.88. The van der Waals surface area contributed by atoms with Crippen LogP contribution in [0.1, 0.15) is 18.4 Å². The molecule has 2 aliphatic heterocycles. The molecule has 10 heteroatoms. The number of piperidine rings is 1. The number of rotatable bonds is 4. The second-order valence-electron chi connectivity index (χ2n) is 7.62. The number of hydrogen-bond acceptors (Lipinski definition) is 5. The molecule has 0 saturated carbocycles. The van der Waals surface area contributed by atoms with E-state index in [0.29, 0.717) is 35.5 Å². The summed E-state index contributed by atoms with van der Waals surface area (Å²) in [6.07, 6.45) is 0.742. The molecule has 0 aliphatic carbocycles. The third kappa shape index (κ3) is 4.40. The smallest absolute Gasteiger partial charge is 0.262 e. The van der Waals surface area contributed by atoms with Crippen LogP contribution >= 0.6 is 0 Å². The first-order valence-corrected chi connectivity index (χ1v) is 11.3. The van der Waals surface area contributed by atoms with Crippen LogP contribution < -0.4 is 15.4 Å². The number of ether oxygens (including phenoxy) is 1. The standard InChI is InChI=1S/C21H22FN3O5S/c1-13-10-15(22)2-4-17(13)24-21(27)14-6-8-25(9-7-14)31(28,29)16-3-5-19-18(11-16)23-20(26)12-30-19/h2-5,10-11,14H,6-9,12H2,1H3,(H,23,26)(H,24,27). The van der Waals surface area contributed by atoms with Crippen molar-refractivity contribution in [1.29, 1.82) is 0 Å². The summed E-state index contributed by atoms with van der Waals surface area (Å²) in [4.78, 5) is 24.2. The minimum absolute atomic E-state index is 0.0573. The van der Waals surface area contributed by atoms with Gasteiger partial charge >= 0.3 is 0 Å². The van der Waals surface area contributed by atoms with Crippen molar-refractivity contribution < 1.29 is 27.1 Å². The van der Waals surface area contributed by atoms with Gasteiger partial charge in [0.2, 0.25) is 15.9 Å². The Morgan fingerprint density at radius 2 is 1.94 bits per heavy atom. The lowest BCUT2D eigenvalue weighted by Gasteiger charge is -2.31. The maximum Gasteiger partial charge on any atom is 0.262 e. The number of halogens is 1. The number of aryl methyl sites for hydroxylation is 1. The molecule has 4 rings (SSSR count). The van der Waals surface area contributed by atoms with Crippen molar-refractivity contribution in [3.63, 3.8) is 0 Å². The number of benzene rings is 2. The number of hydrogen-bond donors (Lipinski definition) is 2. The molecule has 164 valence electrons. The predicted octanol–water partition coefficient (Wildman–Crippen LogP) is 2.50. The molecule has 2 heterocycles. The Bertz CT molecular complexity index is 1140. The summed E-state index contributed by atoms with van der Waals surface area (Å²) in [6.45, 7) is 2.00. The van der Waals surface area contributed by atoms with Gasteiger partial charge in [0.1, 0.15) is 11.6 Å². The van der Waals surface area contributed by atoms with Gasteiger partial charge in [-0.2, -0.15) is 4.31 Å². The zero-order chi connectivity index (χ0) is 22.2. The normalized spacial score (nSPS) is 17.4. The molecule has 8 nitrogen and oxygen atoms in total. The highest BCUT2D eigenvalue weighted by atomic mass is 32.2. The fraction of sp³-hybridized carbons (Fsp3) is 0.333. The minimum atomic E-state index is -3.78. The highest BCUT2D eigenvalue weighted by Gasteiger charge is 2.33. The fourth-order valence-electron chi connectivity index (χ4n) is 3.73. The lowest BCUT2D eigenvalue weighted by Crippen LogP contribution is -2.41. The van der Waals surface area contributed by atoms with Gasteiger partial charge < -0.3 is 15.4 Å². The molecule has 0 bridgehead atoms. The monoisotopic (exact) mass is 447 g/mol. The Hall–Kier alpha value is -2.98. The summed E-state index contributed by atoms with van der Waals surface area (Å²) in [5.74, 6) is -0.842. The minimum Gasteiger partial charge on any atom is -0.482 e. The van der Waals surface area contributed by atoms with Crippen molar-refractivity contribution in [2.24, 2.45) is 5.92 Å². The van der Waals surface area contributed by atoms with E-state index in [4.69, 9.17) is 4.74 Å². The lowest BCUT2D eigenvalue weighted by molar-refractivity contribution is -0.121. The summed E-state index contributed by atoms with van der Waals surface area (Å²) < 4.78 is 45.9. The Kier molecular flexibility index (Phi) is 5.67. The zero-order valence-corrected chi connectivity index (χ0v) is 17.7. The lowest BCUT2D eigenvalue weighted by atomic mass is 9.97. The molecule has 2 aromatic carbocycles. The molecule has 2 aliphatic rings. The Balaban J connectivity index is 1.41. The largest absolute Gasteiger partial charge is 0.482 e. The quantitative estimate of drug-likeness (QED) is 0.749. The Morgan fingerprint density at radius 1 is 1.19 bits per heavy atom. The van der Waals surface area contributed by atoms with Crippen LogP contribution in [0.3, 0.4) is 0 Å². The van der Waals surface area contributed by atoms with E-state index in [1.807, 2.05) is 0 Å². The van der Waals surface area contributed by atoms with Gasteiger partial charge in [-0.15, -0.1) is 0 Å². The summed E-state index contributed by atoms with van der Waals surface area (Å²) in [5, 5.41) is 5.41. The van der Waals surface area contributed by atoms with Gasteiger partial charge in [0.25, 0.3) is 5.91 Å². The van der Waals surface area contributed by atoms with Gasteiger partial charge in [-0.1, -0.05) is 0 Å². The molecule has 2 aromatic rings. The van der Waals surface area contributed by atoms with Crippen molar-refractivity contribution in [1.82, 2.24) is 4.31 Å². The number of carbonyl (C=O) groups is 2. The van der Waals surface area contributed by atoms with E-state index in [2.05, 4.69) is 10.6 Å². The topological polar surface area (TPSA) is 105 Å². The van der Waals surface area contributed by atoms with Crippen LogP contribution in [0.5, 0.6) is 5.75 Å². The number of sulfonamides is 1. The van der Waals surface area contributed by atoms with E-state index in [9.17, 15) is 22.4 Å². The van der Waals surface area contributed by atoms with Crippen LogP contribution in [0.15, 0.2) is 41.3 Å². The second-order valence-corrected chi connectivity index (χ2v) is 9.56. The first kappa shape index (κ1) is 21.3. The van der Waals surface area contributed by atoms with E-state index in [0.717, 1.165) is 0 Å². The van der Waals surface area contributed by atoms with Gasteiger partial charge in [-0.25, -0.2) is 12.8 Å². The molecule has 0 unspecified atom stereocenters. The average molecular weight is 447 g/mol. The van der Waals surface area contributed by atoms with Crippen LogP contribution in [-0.2, 0) is 19.6 Å². The molecule has 2 N–H and O–H groups in total. The van der Waals surface area contributed by atoms with E-state index in [1.54, 1.807) is 6.92 Å². The van der Waals surface area contributed by atoms with Gasteiger partial charge in [0.05, 0.1) is 10.6 Å². The number of carbonyl (C=O) groups excluding carboxylic acids is 2. The van der Waals surface area contributed by atoms with Crippen LogP contribution in [0.2, 0.25) is 0 Å². The third-order valence-electron chi connectivity index (χ3n) is 5.49. The highest BCUT2D eigenvalue weighted by molar-refractivity contribution is 7.89. The van der Waals surface area contributed by atoms with Crippen LogP contribution in [0, 0.1) is 18.7 Å². The molecule has 0 aromatic heterocycles. The van der Waals surface area contributed by atoms with E-state index < -0.39 is 10.0 Å². The molecule has 1 fully saturated rings. The van der Waals surface area contributed by atoms with E-state index >= 15 is 0 Å². The second kappa shape index (κ2) is 8.27. The van der Waals surface area contributed by atoms with Gasteiger partial charge in [-0.3, -0.25) is 9.59 Å². The van der Waals surface area contributed by atoms with Crippen LogP contribution in [0.25, 0.3) is 0 Å². The molecule has 2 amide bonds. The summed E-state index contributed by atoms with van der Waals surface area (Å²) in [7, 11) is -3.78. The highest BCUT2D eigenvalue weighted by Crippen LogP contribution is 2.32. The predicted molar refractivity (Wildman–Crippen MR) is 112 cm³/mol. The Labute approximate surface area is 179 Å². The summed E-state index contributed by atoms with van der Waals surface area (Å²) in [6, 6.07) is 8.49. The molecule has 31 heavy (non-hydrogen) atoms. The van der Waals surface area contributed by atoms with E-state index in [1.165, 1.54) is 40.7 Å².